The van der Waals surface area contributed by atoms with E-state index in [1.165, 1.54) is 83.5 Å². The van der Waals surface area contributed by atoms with Crippen molar-refractivity contribution in [2.45, 2.75) is 96.8 Å². The first-order chi connectivity index (χ1) is 9.27. The van der Waals surface area contributed by atoms with Crippen LogP contribution < -0.4 is 5.06 Å². The molecule has 0 aromatic heterocycles. The van der Waals surface area contributed by atoms with Crippen molar-refractivity contribution < 1.29 is 5.06 Å². The molecule has 0 aromatic rings. The van der Waals surface area contributed by atoms with Crippen LogP contribution in [0, 0.1) is 5.21 Å². The van der Waals surface area contributed by atoms with Gasteiger partial charge in [-0.1, -0.05) is 84.0 Å². The van der Waals surface area contributed by atoms with E-state index in [4.69, 9.17) is 0 Å². The Bertz CT molecular complexity index is 159. The molecule has 1 N–H and O–H groups in total. The van der Waals surface area contributed by atoms with Crippen LogP contribution in [-0.2, 0) is 0 Å². The molecule has 1 unspecified atom stereocenters. The van der Waals surface area contributed by atoms with Crippen LogP contribution in [0.3, 0.4) is 0 Å². The highest BCUT2D eigenvalue weighted by molar-refractivity contribution is 4.49. The molecule has 0 bridgehead atoms. The van der Waals surface area contributed by atoms with Crippen molar-refractivity contribution in [1.82, 2.24) is 0 Å². The number of rotatable bonds is 15. The normalized spacial score (nSPS) is 12.8. The number of hydroxylamine groups is 2. The number of nitrogens with one attached hydrogen (secondary N) is 1. The summed E-state index contributed by atoms with van der Waals surface area (Å²) in [5.41, 5.74) is 0. The van der Waals surface area contributed by atoms with Crippen molar-refractivity contribution in [3.8, 4) is 0 Å². The van der Waals surface area contributed by atoms with Crippen molar-refractivity contribution >= 4 is 0 Å². The first-order valence-corrected chi connectivity index (χ1v) is 8.76. The molecule has 116 valence electrons. The third kappa shape index (κ3) is 17.9. The van der Waals surface area contributed by atoms with Gasteiger partial charge in [0.05, 0.1) is 13.6 Å². The van der Waals surface area contributed by atoms with Gasteiger partial charge in [-0.15, -0.1) is 0 Å². The maximum Gasteiger partial charge on any atom is 0.0766 e. The fourth-order valence-corrected chi connectivity index (χ4v) is 2.57. The molecule has 0 aliphatic heterocycles. The summed E-state index contributed by atoms with van der Waals surface area (Å²) >= 11 is 0. The highest BCUT2D eigenvalue weighted by Gasteiger charge is 1.94. The Labute approximate surface area is 121 Å². The Balaban J connectivity index is 2.91. The smallest absolute Gasteiger partial charge is 0.0766 e. The van der Waals surface area contributed by atoms with E-state index in [1.807, 2.05) is 0 Å². The zero-order valence-electron chi connectivity index (χ0n) is 13.5. The molecule has 0 rings (SSSR count). The van der Waals surface area contributed by atoms with Crippen molar-refractivity contribution in [1.29, 1.82) is 0 Å². The van der Waals surface area contributed by atoms with E-state index in [1.54, 1.807) is 7.05 Å². The van der Waals surface area contributed by atoms with Crippen molar-refractivity contribution in [2.24, 2.45) is 0 Å². The minimum absolute atomic E-state index is 0.346. The van der Waals surface area contributed by atoms with Gasteiger partial charge in [0, 0.05) is 0 Å². The molecule has 0 saturated heterocycles. The monoisotopic (exact) mass is 271 g/mol. The zero-order valence-corrected chi connectivity index (χ0v) is 13.5. The minimum Gasteiger partial charge on any atom is -0.634 e. The van der Waals surface area contributed by atoms with E-state index in [9.17, 15) is 5.21 Å². The quantitative estimate of drug-likeness (QED) is 0.345. The predicted octanol–water partition coefficient (Wildman–Crippen LogP) is 4.48. The van der Waals surface area contributed by atoms with Gasteiger partial charge in [0.2, 0.25) is 0 Å². The van der Waals surface area contributed by atoms with Gasteiger partial charge in [-0.2, -0.15) is 0 Å². The van der Waals surface area contributed by atoms with Gasteiger partial charge in [-0.3, -0.25) is 0 Å². The van der Waals surface area contributed by atoms with Crippen LogP contribution in [0.5, 0.6) is 0 Å². The van der Waals surface area contributed by atoms with Crippen LogP contribution in [0.2, 0.25) is 0 Å². The van der Waals surface area contributed by atoms with Gasteiger partial charge in [0.15, 0.2) is 0 Å². The molecule has 0 saturated carbocycles. The van der Waals surface area contributed by atoms with Crippen LogP contribution in [0.15, 0.2) is 0 Å². The Kier molecular flexibility index (Phi) is 15.9. The second kappa shape index (κ2) is 16.0. The molecule has 0 radical (unpaired) electrons. The lowest BCUT2D eigenvalue weighted by molar-refractivity contribution is -0.826. The SMILES string of the molecule is CCCCCCCCCCCCCCCC[NH+](C)[O-]. The molecule has 0 heterocycles. The summed E-state index contributed by atoms with van der Waals surface area (Å²) in [5.74, 6) is 0. The van der Waals surface area contributed by atoms with E-state index in [2.05, 4.69) is 6.92 Å². The predicted molar refractivity (Wildman–Crippen MR) is 85.4 cm³/mol. The summed E-state index contributed by atoms with van der Waals surface area (Å²) in [4.78, 5) is 0. The van der Waals surface area contributed by atoms with Gasteiger partial charge in [0.25, 0.3) is 0 Å². The Hall–Kier alpha value is -0.0800. The molecular formula is C17H37NO. The molecule has 0 aliphatic carbocycles. The third-order valence-corrected chi connectivity index (χ3v) is 3.88. The van der Waals surface area contributed by atoms with Crippen LogP contribution >= 0.6 is 0 Å². The minimum atomic E-state index is 0.346. The second-order valence-electron chi connectivity index (χ2n) is 6.05. The maximum atomic E-state index is 10.8. The standard InChI is InChI=1S/C17H37NO/c1-3-4-5-6-7-8-9-10-11-12-13-14-15-16-17-18(2)19/h18H,3-17H2,1-2H3. The lowest BCUT2D eigenvalue weighted by Crippen LogP contribution is -3.03. The van der Waals surface area contributed by atoms with Crippen molar-refractivity contribution in [3.05, 3.63) is 5.21 Å². The van der Waals surface area contributed by atoms with Crippen LogP contribution in [0.1, 0.15) is 96.8 Å². The number of quaternary nitrogens is 1. The fraction of sp³-hybridized carbons (Fsp3) is 1.00. The molecule has 0 spiro atoms. The van der Waals surface area contributed by atoms with E-state index >= 15 is 0 Å². The maximum absolute atomic E-state index is 10.8. The van der Waals surface area contributed by atoms with E-state index in [-0.39, 0.29) is 0 Å². The molecule has 0 fully saturated rings. The number of hydrogen-bond donors (Lipinski definition) is 1. The van der Waals surface area contributed by atoms with E-state index in [0.29, 0.717) is 5.06 Å². The summed E-state index contributed by atoms with van der Waals surface area (Å²) in [5, 5.41) is 11.1. The second-order valence-corrected chi connectivity index (χ2v) is 6.05. The first-order valence-electron chi connectivity index (χ1n) is 8.76. The lowest BCUT2D eigenvalue weighted by atomic mass is 10.0. The van der Waals surface area contributed by atoms with Crippen LogP contribution in [0.25, 0.3) is 0 Å². The first kappa shape index (κ1) is 18.9. The molecule has 2 heteroatoms. The summed E-state index contributed by atoms with van der Waals surface area (Å²) in [6, 6.07) is 0. The third-order valence-electron chi connectivity index (χ3n) is 3.88. The number of unbranched alkanes of at least 4 members (excludes halogenated alkanes) is 13. The molecule has 1 atom stereocenters. The van der Waals surface area contributed by atoms with Gasteiger partial charge in [-0.25, -0.2) is 0 Å². The van der Waals surface area contributed by atoms with Crippen molar-refractivity contribution in [3.63, 3.8) is 0 Å². The van der Waals surface area contributed by atoms with Crippen molar-refractivity contribution in [2.75, 3.05) is 13.6 Å². The Morgan fingerprint density at radius 2 is 0.895 bits per heavy atom. The Morgan fingerprint density at radius 3 is 1.21 bits per heavy atom. The molecular weight excluding hydrogens is 234 g/mol. The largest absolute Gasteiger partial charge is 0.634 e. The van der Waals surface area contributed by atoms with E-state index < -0.39 is 0 Å². The zero-order chi connectivity index (χ0) is 14.2. The van der Waals surface area contributed by atoms with Crippen LogP contribution in [-0.4, -0.2) is 13.6 Å². The summed E-state index contributed by atoms with van der Waals surface area (Å²) in [6.07, 6.45) is 19.3. The Morgan fingerprint density at radius 1 is 0.579 bits per heavy atom. The van der Waals surface area contributed by atoms with Crippen LogP contribution in [0.4, 0.5) is 0 Å². The van der Waals surface area contributed by atoms with Gasteiger partial charge < -0.3 is 10.3 Å². The summed E-state index contributed by atoms with van der Waals surface area (Å²) < 4.78 is 0. The highest BCUT2D eigenvalue weighted by atomic mass is 16.5. The molecule has 2 nitrogen and oxygen atoms in total. The average molecular weight is 271 g/mol. The molecule has 0 amide bonds. The fourth-order valence-electron chi connectivity index (χ4n) is 2.57. The summed E-state index contributed by atoms with van der Waals surface area (Å²) in [6.45, 7) is 3.07. The lowest BCUT2D eigenvalue weighted by Gasteiger charge is -2.15. The van der Waals surface area contributed by atoms with Gasteiger partial charge >= 0.3 is 0 Å². The number of hydrogen-bond acceptors (Lipinski definition) is 1. The van der Waals surface area contributed by atoms with Gasteiger partial charge in [-0.05, 0) is 12.8 Å². The molecule has 0 aliphatic rings. The van der Waals surface area contributed by atoms with E-state index in [0.717, 1.165) is 13.0 Å². The highest BCUT2D eigenvalue weighted by Crippen LogP contribution is 2.12. The average Bonchev–Trinajstić information content (AvgIpc) is 2.39. The topological polar surface area (TPSA) is 27.5 Å². The molecule has 19 heavy (non-hydrogen) atoms. The summed E-state index contributed by atoms with van der Waals surface area (Å²) in [7, 11) is 1.70. The molecule has 0 aromatic carbocycles. The van der Waals surface area contributed by atoms with Gasteiger partial charge in [0.1, 0.15) is 0 Å².